The fourth-order valence-electron chi connectivity index (χ4n) is 2.11. The minimum absolute atomic E-state index is 0.168. The average molecular weight is 199 g/mol. The van der Waals surface area contributed by atoms with Crippen molar-refractivity contribution in [1.82, 2.24) is 4.90 Å². The van der Waals surface area contributed by atoms with Crippen LogP contribution < -0.4 is 0 Å². The third-order valence-electron chi connectivity index (χ3n) is 3.09. The Balaban J connectivity index is 2.22. The van der Waals surface area contributed by atoms with Crippen LogP contribution in [0.4, 0.5) is 0 Å². The Hall–Kier alpha value is -0.570. The SMILES string of the molecule is CCCCN(C)C1CC[C@@H](OC=O)C1. The summed E-state index contributed by atoms with van der Waals surface area (Å²) < 4.78 is 4.98. The molecule has 1 saturated carbocycles. The highest BCUT2D eigenvalue weighted by molar-refractivity contribution is 5.37. The molecular formula is C11H21NO2. The van der Waals surface area contributed by atoms with E-state index in [2.05, 4.69) is 18.9 Å². The molecule has 1 aliphatic carbocycles. The number of ether oxygens (including phenoxy) is 1. The smallest absolute Gasteiger partial charge is 0.293 e. The van der Waals surface area contributed by atoms with E-state index in [-0.39, 0.29) is 6.10 Å². The molecule has 3 heteroatoms. The molecule has 0 aliphatic heterocycles. The van der Waals surface area contributed by atoms with Crippen LogP contribution in [0, 0.1) is 0 Å². The third-order valence-corrected chi connectivity index (χ3v) is 3.09. The summed E-state index contributed by atoms with van der Waals surface area (Å²) in [6.07, 6.45) is 5.87. The highest BCUT2D eigenvalue weighted by Crippen LogP contribution is 2.25. The first-order valence-corrected chi connectivity index (χ1v) is 5.57. The fraction of sp³-hybridized carbons (Fsp3) is 0.909. The summed E-state index contributed by atoms with van der Waals surface area (Å²) in [6.45, 7) is 3.95. The minimum atomic E-state index is 0.168. The van der Waals surface area contributed by atoms with Crippen molar-refractivity contribution in [2.45, 2.75) is 51.2 Å². The molecule has 0 heterocycles. The van der Waals surface area contributed by atoms with Gasteiger partial charge in [0.15, 0.2) is 0 Å². The van der Waals surface area contributed by atoms with E-state index < -0.39 is 0 Å². The Bertz CT molecular complexity index is 173. The molecule has 82 valence electrons. The summed E-state index contributed by atoms with van der Waals surface area (Å²) in [5.41, 5.74) is 0. The number of unbranched alkanes of at least 4 members (excludes halogenated alkanes) is 1. The van der Waals surface area contributed by atoms with Crippen molar-refractivity contribution in [3.63, 3.8) is 0 Å². The number of nitrogens with zero attached hydrogens (tertiary/aromatic N) is 1. The molecule has 2 atom stereocenters. The summed E-state index contributed by atoms with van der Waals surface area (Å²) in [4.78, 5) is 12.6. The molecule has 0 aromatic carbocycles. The van der Waals surface area contributed by atoms with E-state index in [1.54, 1.807) is 0 Å². The van der Waals surface area contributed by atoms with Crippen LogP contribution in [0.3, 0.4) is 0 Å². The monoisotopic (exact) mass is 199 g/mol. The van der Waals surface area contributed by atoms with E-state index in [1.165, 1.54) is 19.3 Å². The van der Waals surface area contributed by atoms with Crippen LogP contribution in [-0.2, 0) is 9.53 Å². The molecule has 1 rings (SSSR count). The quantitative estimate of drug-likeness (QED) is 0.611. The van der Waals surface area contributed by atoms with E-state index >= 15 is 0 Å². The largest absolute Gasteiger partial charge is 0.465 e. The summed E-state index contributed by atoms with van der Waals surface area (Å²) in [7, 11) is 2.17. The third kappa shape index (κ3) is 3.29. The molecule has 0 aromatic heterocycles. The minimum Gasteiger partial charge on any atom is -0.465 e. The molecule has 0 spiro atoms. The second-order valence-electron chi connectivity index (χ2n) is 4.16. The van der Waals surface area contributed by atoms with Gasteiger partial charge in [0.2, 0.25) is 0 Å². The molecule has 1 fully saturated rings. The van der Waals surface area contributed by atoms with Crippen LogP contribution in [0.15, 0.2) is 0 Å². The first-order chi connectivity index (χ1) is 6.77. The molecule has 1 unspecified atom stereocenters. The number of hydrogen-bond donors (Lipinski definition) is 0. The van der Waals surface area contributed by atoms with Crippen molar-refractivity contribution in [2.75, 3.05) is 13.6 Å². The number of carbonyl (C=O) groups is 1. The van der Waals surface area contributed by atoms with Crippen molar-refractivity contribution in [3.05, 3.63) is 0 Å². The standard InChI is InChI=1S/C11H21NO2/c1-3-4-7-12(2)10-5-6-11(8-10)14-9-13/h9-11H,3-8H2,1-2H3/t10?,11-/m1/s1. The lowest BCUT2D eigenvalue weighted by atomic mass is 10.2. The van der Waals surface area contributed by atoms with Gasteiger partial charge in [0.1, 0.15) is 6.10 Å². The molecule has 3 nitrogen and oxygen atoms in total. The Morgan fingerprint density at radius 3 is 2.93 bits per heavy atom. The van der Waals surface area contributed by atoms with Crippen LogP contribution in [0.2, 0.25) is 0 Å². The van der Waals surface area contributed by atoms with Crippen LogP contribution in [0.1, 0.15) is 39.0 Å². The first kappa shape index (κ1) is 11.5. The normalized spacial score (nSPS) is 26.8. The van der Waals surface area contributed by atoms with Gasteiger partial charge in [-0.1, -0.05) is 13.3 Å². The van der Waals surface area contributed by atoms with E-state index in [9.17, 15) is 4.79 Å². The maximum atomic E-state index is 10.2. The fourth-order valence-corrected chi connectivity index (χ4v) is 2.11. The van der Waals surface area contributed by atoms with Crippen molar-refractivity contribution in [1.29, 1.82) is 0 Å². The van der Waals surface area contributed by atoms with Gasteiger partial charge in [-0.3, -0.25) is 4.79 Å². The predicted molar refractivity (Wildman–Crippen MR) is 56.1 cm³/mol. The van der Waals surface area contributed by atoms with Gasteiger partial charge < -0.3 is 9.64 Å². The summed E-state index contributed by atoms with van der Waals surface area (Å²) in [5.74, 6) is 0. The van der Waals surface area contributed by atoms with Crippen molar-refractivity contribution >= 4 is 6.47 Å². The maximum Gasteiger partial charge on any atom is 0.293 e. The van der Waals surface area contributed by atoms with Crippen LogP contribution in [-0.4, -0.2) is 37.1 Å². The molecule has 0 amide bonds. The Kier molecular flexibility index (Phi) is 4.94. The summed E-state index contributed by atoms with van der Waals surface area (Å²) in [6, 6.07) is 0.617. The highest BCUT2D eigenvalue weighted by Gasteiger charge is 2.27. The topological polar surface area (TPSA) is 29.5 Å². The highest BCUT2D eigenvalue weighted by atomic mass is 16.5. The zero-order chi connectivity index (χ0) is 10.4. The summed E-state index contributed by atoms with van der Waals surface area (Å²) in [5, 5.41) is 0. The number of hydrogen-bond acceptors (Lipinski definition) is 3. The second kappa shape index (κ2) is 6.02. The lowest BCUT2D eigenvalue weighted by Crippen LogP contribution is -2.30. The molecule has 0 aromatic rings. The van der Waals surface area contributed by atoms with Crippen LogP contribution in [0.5, 0.6) is 0 Å². The van der Waals surface area contributed by atoms with Crippen molar-refractivity contribution < 1.29 is 9.53 Å². The van der Waals surface area contributed by atoms with E-state index in [0.29, 0.717) is 12.5 Å². The molecule has 0 bridgehead atoms. The van der Waals surface area contributed by atoms with E-state index in [0.717, 1.165) is 19.4 Å². The van der Waals surface area contributed by atoms with Crippen LogP contribution >= 0.6 is 0 Å². The van der Waals surface area contributed by atoms with E-state index in [4.69, 9.17) is 4.74 Å². The summed E-state index contributed by atoms with van der Waals surface area (Å²) >= 11 is 0. The Morgan fingerprint density at radius 1 is 1.50 bits per heavy atom. The number of rotatable bonds is 6. The Morgan fingerprint density at radius 2 is 2.29 bits per heavy atom. The predicted octanol–water partition coefficient (Wildman–Crippen LogP) is 1.81. The van der Waals surface area contributed by atoms with E-state index in [1.807, 2.05) is 0 Å². The Labute approximate surface area is 86.4 Å². The number of carbonyl (C=O) groups excluding carboxylic acids is 1. The van der Waals surface area contributed by atoms with Crippen LogP contribution in [0.25, 0.3) is 0 Å². The van der Waals surface area contributed by atoms with Crippen molar-refractivity contribution in [2.24, 2.45) is 0 Å². The van der Waals surface area contributed by atoms with Gasteiger partial charge in [-0.15, -0.1) is 0 Å². The molecular weight excluding hydrogens is 178 g/mol. The molecule has 0 N–H and O–H groups in total. The van der Waals surface area contributed by atoms with Gasteiger partial charge in [0.25, 0.3) is 6.47 Å². The lowest BCUT2D eigenvalue weighted by molar-refractivity contribution is -0.133. The zero-order valence-corrected chi connectivity index (χ0v) is 9.24. The van der Waals surface area contributed by atoms with Gasteiger partial charge in [-0.2, -0.15) is 0 Å². The molecule has 14 heavy (non-hydrogen) atoms. The van der Waals surface area contributed by atoms with Crippen molar-refractivity contribution in [3.8, 4) is 0 Å². The maximum absolute atomic E-state index is 10.2. The second-order valence-corrected chi connectivity index (χ2v) is 4.16. The van der Waals surface area contributed by atoms with Gasteiger partial charge in [-0.05, 0) is 39.3 Å². The molecule has 0 saturated heterocycles. The van der Waals surface area contributed by atoms with Gasteiger partial charge in [-0.25, -0.2) is 0 Å². The average Bonchev–Trinajstić information content (AvgIpc) is 2.63. The first-order valence-electron chi connectivity index (χ1n) is 5.57. The molecule has 1 aliphatic rings. The zero-order valence-electron chi connectivity index (χ0n) is 9.24. The lowest BCUT2D eigenvalue weighted by Gasteiger charge is -2.23. The van der Waals surface area contributed by atoms with Gasteiger partial charge in [0.05, 0.1) is 0 Å². The van der Waals surface area contributed by atoms with Gasteiger partial charge >= 0.3 is 0 Å². The van der Waals surface area contributed by atoms with Gasteiger partial charge in [0, 0.05) is 6.04 Å². The molecule has 0 radical (unpaired) electrons.